The molecular weight excluding hydrogens is 409 g/mol. The van der Waals surface area contributed by atoms with Crippen molar-refractivity contribution in [2.45, 2.75) is 33.2 Å². The van der Waals surface area contributed by atoms with Crippen LogP contribution in [0.4, 0.5) is 13.2 Å². The Balaban J connectivity index is 1.69. The number of rotatable bonds is 7. The highest BCUT2D eigenvalue weighted by atomic mass is 19.4. The molecule has 0 spiro atoms. The highest BCUT2D eigenvalue weighted by molar-refractivity contribution is 5.65. The number of allylic oxidation sites excluding steroid dienone is 2. The predicted octanol–water partition coefficient (Wildman–Crippen LogP) is 6.44. The van der Waals surface area contributed by atoms with Gasteiger partial charge in [0.1, 0.15) is 29.6 Å². The molecule has 0 saturated carbocycles. The van der Waals surface area contributed by atoms with Gasteiger partial charge in [-0.05, 0) is 61.4 Å². The average Bonchev–Trinajstić information content (AvgIpc) is 3.10. The minimum Gasteiger partial charge on any atom is -0.487 e. The SMILES string of the molecule is C/C(=C\CC#N)c1cccc(OCc2nc(-c3ccc(OC(F)(F)F)cc3)oc2C)c1. The minimum absolute atomic E-state index is 0.162. The fourth-order valence-corrected chi connectivity index (χ4v) is 2.78. The van der Waals surface area contributed by atoms with Gasteiger partial charge in [0.05, 0.1) is 12.5 Å². The normalized spacial score (nSPS) is 11.8. The number of oxazole rings is 1. The Labute approximate surface area is 177 Å². The summed E-state index contributed by atoms with van der Waals surface area (Å²) < 4.78 is 52.2. The summed E-state index contributed by atoms with van der Waals surface area (Å²) in [5.41, 5.74) is 3.02. The lowest BCUT2D eigenvalue weighted by Crippen LogP contribution is -2.16. The average molecular weight is 428 g/mol. The van der Waals surface area contributed by atoms with E-state index in [-0.39, 0.29) is 18.2 Å². The van der Waals surface area contributed by atoms with Crippen molar-refractivity contribution in [2.75, 3.05) is 0 Å². The van der Waals surface area contributed by atoms with Gasteiger partial charge in [0.15, 0.2) is 0 Å². The molecule has 3 rings (SSSR count). The van der Waals surface area contributed by atoms with Crippen molar-refractivity contribution in [2.24, 2.45) is 0 Å². The number of nitriles is 1. The van der Waals surface area contributed by atoms with Crippen LogP contribution in [0.2, 0.25) is 0 Å². The molecule has 0 bridgehead atoms. The molecule has 0 amide bonds. The molecule has 0 unspecified atom stereocenters. The van der Waals surface area contributed by atoms with Gasteiger partial charge >= 0.3 is 6.36 Å². The van der Waals surface area contributed by atoms with Crippen LogP contribution in [0, 0.1) is 18.3 Å². The van der Waals surface area contributed by atoms with Crippen molar-refractivity contribution in [1.82, 2.24) is 4.98 Å². The third kappa shape index (κ3) is 6.12. The van der Waals surface area contributed by atoms with Crippen molar-refractivity contribution in [3.63, 3.8) is 0 Å². The van der Waals surface area contributed by atoms with Gasteiger partial charge in [-0.1, -0.05) is 18.2 Å². The van der Waals surface area contributed by atoms with Crippen LogP contribution in [0.5, 0.6) is 11.5 Å². The Morgan fingerprint density at radius 1 is 1.16 bits per heavy atom. The summed E-state index contributed by atoms with van der Waals surface area (Å²) in [6.07, 6.45) is -2.56. The summed E-state index contributed by atoms with van der Waals surface area (Å²) >= 11 is 0. The lowest BCUT2D eigenvalue weighted by molar-refractivity contribution is -0.274. The first kappa shape index (κ1) is 22.0. The first-order valence-corrected chi connectivity index (χ1v) is 9.34. The fraction of sp³-hybridized carbons (Fsp3) is 0.217. The van der Waals surface area contributed by atoms with Crippen molar-refractivity contribution in [3.8, 4) is 29.0 Å². The van der Waals surface area contributed by atoms with Crippen LogP contribution in [0.3, 0.4) is 0 Å². The van der Waals surface area contributed by atoms with E-state index >= 15 is 0 Å². The molecule has 3 aromatic rings. The zero-order valence-corrected chi connectivity index (χ0v) is 16.9. The minimum atomic E-state index is -4.74. The van der Waals surface area contributed by atoms with Gasteiger partial charge in [0.25, 0.3) is 0 Å². The van der Waals surface area contributed by atoms with E-state index in [1.165, 1.54) is 24.3 Å². The van der Waals surface area contributed by atoms with Crippen molar-refractivity contribution >= 4 is 5.57 Å². The van der Waals surface area contributed by atoms with Crippen LogP contribution in [0.1, 0.15) is 30.4 Å². The molecule has 0 aliphatic heterocycles. The van der Waals surface area contributed by atoms with Gasteiger partial charge in [0.2, 0.25) is 5.89 Å². The Hall–Kier alpha value is -3.73. The molecule has 0 N–H and O–H groups in total. The van der Waals surface area contributed by atoms with Gasteiger partial charge in [0, 0.05) is 5.56 Å². The highest BCUT2D eigenvalue weighted by Gasteiger charge is 2.31. The molecule has 5 nitrogen and oxygen atoms in total. The number of aromatic nitrogens is 1. The molecule has 1 aromatic heterocycles. The largest absolute Gasteiger partial charge is 0.573 e. The molecule has 0 aliphatic rings. The monoisotopic (exact) mass is 428 g/mol. The summed E-state index contributed by atoms with van der Waals surface area (Å²) in [5.74, 6) is 1.15. The van der Waals surface area contributed by atoms with Gasteiger partial charge in [-0.3, -0.25) is 0 Å². The fourth-order valence-electron chi connectivity index (χ4n) is 2.78. The second-order valence-corrected chi connectivity index (χ2v) is 6.66. The molecule has 0 saturated heterocycles. The zero-order valence-electron chi connectivity index (χ0n) is 16.9. The Bertz CT molecular complexity index is 1110. The second-order valence-electron chi connectivity index (χ2n) is 6.66. The number of nitrogens with zero attached hydrogens (tertiary/aromatic N) is 2. The standard InChI is InChI=1S/C23H19F3N2O3/c1-15(5-4-12-27)18-6-3-7-20(13-18)29-14-21-16(2)30-22(28-21)17-8-10-19(11-9-17)31-23(24,25)26/h3,5-11,13H,4,14H2,1-2H3/b15-5+. The predicted molar refractivity (Wildman–Crippen MR) is 108 cm³/mol. The molecular formula is C23H19F3N2O3. The molecule has 0 aliphatic carbocycles. The Kier molecular flexibility index (Phi) is 6.65. The van der Waals surface area contributed by atoms with Crippen LogP contribution in [0.15, 0.2) is 59.0 Å². The maximum absolute atomic E-state index is 12.3. The second kappa shape index (κ2) is 9.39. The van der Waals surface area contributed by atoms with Crippen LogP contribution in [0.25, 0.3) is 17.0 Å². The zero-order chi connectivity index (χ0) is 22.4. The Morgan fingerprint density at radius 3 is 2.58 bits per heavy atom. The topological polar surface area (TPSA) is 68.3 Å². The van der Waals surface area contributed by atoms with E-state index in [1.807, 2.05) is 37.3 Å². The quantitative estimate of drug-likeness (QED) is 0.433. The first-order valence-electron chi connectivity index (χ1n) is 9.34. The van der Waals surface area contributed by atoms with E-state index < -0.39 is 6.36 Å². The lowest BCUT2D eigenvalue weighted by Gasteiger charge is -2.08. The number of benzene rings is 2. The lowest BCUT2D eigenvalue weighted by atomic mass is 10.1. The smallest absolute Gasteiger partial charge is 0.487 e. The number of ether oxygens (including phenoxy) is 2. The number of alkyl halides is 3. The van der Waals surface area contributed by atoms with Crippen LogP contribution >= 0.6 is 0 Å². The van der Waals surface area contributed by atoms with Crippen molar-refractivity contribution in [1.29, 1.82) is 5.26 Å². The summed E-state index contributed by atoms with van der Waals surface area (Å²) in [6.45, 7) is 3.83. The van der Waals surface area contributed by atoms with E-state index in [1.54, 1.807) is 6.92 Å². The van der Waals surface area contributed by atoms with E-state index in [0.717, 1.165) is 11.1 Å². The number of hydrogen-bond acceptors (Lipinski definition) is 5. The third-order valence-electron chi connectivity index (χ3n) is 4.39. The van der Waals surface area contributed by atoms with Crippen molar-refractivity contribution < 1.29 is 27.1 Å². The highest BCUT2D eigenvalue weighted by Crippen LogP contribution is 2.28. The van der Waals surface area contributed by atoms with Gasteiger partial charge in [-0.25, -0.2) is 4.98 Å². The summed E-state index contributed by atoms with van der Waals surface area (Å²) in [4.78, 5) is 4.40. The van der Waals surface area contributed by atoms with E-state index in [9.17, 15) is 13.2 Å². The summed E-state index contributed by atoms with van der Waals surface area (Å²) in [6, 6.07) is 14.8. The van der Waals surface area contributed by atoms with Gasteiger partial charge < -0.3 is 13.9 Å². The molecule has 0 fully saturated rings. The molecule has 160 valence electrons. The number of halogens is 3. The van der Waals surface area contributed by atoms with Crippen molar-refractivity contribution in [3.05, 3.63) is 71.6 Å². The molecule has 31 heavy (non-hydrogen) atoms. The van der Waals surface area contributed by atoms with Gasteiger partial charge in [-0.15, -0.1) is 13.2 Å². The molecule has 0 radical (unpaired) electrons. The maximum atomic E-state index is 12.3. The van der Waals surface area contributed by atoms with E-state index in [0.29, 0.717) is 29.2 Å². The van der Waals surface area contributed by atoms with E-state index in [4.69, 9.17) is 14.4 Å². The molecule has 2 aromatic carbocycles. The molecule has 1 heterocycles. The van der Waals surface area contributed by atoms with Gasteiger partial charge in [-0.2, -0.15) is 5.26 Å². The van der Waals surface area contributed by atoms with Crippen LogP contribution in [-0.2, 0) is 6.61 Å². The summed E-state index contributed by atoms with van der Waals surface area (Å²) in [7, 11) is 0. The first-order chi connectivity index (χ1) is 14.7. The number of hydrogen-bond donors (Lipinski definition) is 0. The van der Waals surface area contributed by atoms with Crippen LogP contribution < -0.4 is 9.47 Å². The Morgan fingerprint density at radius 2 is 1.90 bits per heavy atom. The third-order valence-corrected chi connectivity index (χ3v) is 4.39. The molecule has 0 atom stereocenters. The van der Waals surface area contributed by atoms with Crippen LogP contribution in [-0.4, -0.2) is 11.3 Å². The maximum Gasteiger partial charge on any atom is 0.573 e. The van der Waals surface area contributed by atoms with E-state index in [2.05, 4.69) is 15.8 Å². The molecule has 8 heteroatoms. The number of aryl methyl sites for hydroxylation is 1. The summed E-state index contributed by atoms with van der Waals surface area (Å²) in [5, 5.41) is 8.71.